The zero-order valence-corrected chi connectivity index (χ0v) is 22.0. The molecule has 7 nitrogen and oxygen atoms in total. The Hall–Kier alpha value is -4.04. The number of methoxy groups -OCH3 is 2. The number of hydrogen-bond acceptors (Lipinski definition) is 7. The van der Waals surface area contributed by atoms with Crippen molar-refractivity contribution in [3.8, 4) is 11.5 Å². The van der Waals surface area contributed by atoms with E-state index >= 15 is 0 Å². The van der Waals surface area contributed by atoms with E-state index in [1.54, 1.807) is 36.3 Å². The van der Waals surface area contributed by atoms with Crippen molar-refractivity contribution in [2.24, 2.45) is 4.99 Å². The molecular weight excluding hydrogens is 488 g/mol. The van der Waals surface area contributed by atoms with Crippen molar-refractivity contribution in [1.82, 2.24) is 4.90 Å². The van der Waals surface area contributed by atoms with Crippen molar-refractivity contribution in [2.45, 2.75) is 20.5 Å². The van der Waals surface area contributed by atoms with Gasteiger partial charge in [-0.1, -0.05) is 42.0 Å². The normalized spacial score (nSPS) is 15.4. The molecule has 0 radical (unpaired) electrons. The number of likely N-dealkylation sites (N-methyl/N-ethyl adjacent to an activating group) is 1. The van der Waals surface area contributed by atoms with Crippen LogP contribution in [0.4, 0.5) is 5.69 Å². The topological polar surface area (TPSA) is 77.4 Å². The number of aryl methyl sites for hydroxylation is 1. The van der Waals surface area contributed by atoms with E-state index in [0.717, 1.165) is 11.1 Å². The van der Waals surface area contributed by atoms with Gasteiger partial charge in [-0.2, -0.15) is 0 Å². The molecule has 8 heteroatoms. The number of carbonyl (C=O) groups is 2. The molecular formula is C29H28N2O5S. The van der Waals surface area contributed by atoms with E-state index in [1.165, 1.54) is 24.4 Å². The van der Waals surface area contributed by atoms with Crippen LogP contribution in [0.15, 0.2) is 76.6 Å². The fraction of sp³-hybridized carbons (Fsp3) is 0.207. The number of benzene rings is 3. The Kier molecular flexibility index (Phi) is 8.30. The lowest BCUT2D eigenvalue weighted by Gasteiger charge is -2.12. The molecule has 1 heterocycles. The summed E-state index contributed by atoms with van der Waals surface area (Å²) >= 11 is 1.29. The second-order valence-electron chi connectivity index (χ2n) is 8.28. The number of esters is 1. The van der Waals surface area contributed by atoms with Gasteiger partial charge in [0.1, 0.15) is 6.61 Å². The number of carbonyl (C=O) groups excluding carboxylic acids is 2. The number of hydrogen-bond donors (Lipinski definition) is 0. The molecule has 0 bridgehead atoms. The average molecular weight is 517 g/mol. The molecule has 0 unspecified atom stereocenters. The monoisotopic (exact) mass is 516 g/mol. The molecule has 1 saturated heterocycles. The van der Waals surface area contributed by atoms with Crippen LogP contribution in [-0.2, 0) is 16.1 Å². The van der Waals surface area contributed by atoms with Gasteiger partial charge in [0, 0.05) is 6.54 Å². The van der Waals surface area contributed by atoms with Crippen molar-refractivity contribution in [3.63, 3.8) is 0 Å². The zero-order chi connectivity index (χ0) is 26.4. The number of nitrogens with zero attached hydrogens (tertiary/aromatic N) is 2. The molecule has 190 valence electrons. The van der Waals surface area contributed by atoms with E-state index in [0.29, 0.717) is 46.0 Å². The fourth-order valence-corrected chi connectivity index (χ4v) is 4.75. The third-order valence-electron chi connectivity index (χ3n) is 5.70. The number of amides is 1. The Morgan fingerprint density at radius 2 is 1.81 bits per heavy atom. The predicted molar refractivity (Wildman–Crippen MR) is 146 cm³/mol. The average Bonchev–Trinajstić information content (AvgIpc) is 3.21. The minimum atomic E-state index is -0.439. The van der Waals surface area contributed by atoms with E-state index in [-0.39, 0.29) is 5.91 Å². The molecule has 0 N–H and O–H groups in total. The fourth-order valence-electron chi connectivity index (χ4n) is 3.69. The summed E-state index contributed by atoms with van der Waals surface area (Å²) in [5.41, 5.74) is 4.03. The maximum Gasteiger partial charge on any atom is 0.337 e. The summed E-state index contributed by atoms with van der Waals surface area (Å²) in [4.78, 5) is 31.7. The highest BCUT2D eigenvalue weighted by molar-refractivity contribution is 8.18. The first-order valence-electron chi connectivity index (χ1n) is 11.8. The summed E-state index contributed by atoms with van der Waals surface area (Å²) in [6, 6.07) is 20.6. The Balaban J connectivity index is 1.54. The van der Waals surface area contributed by atoms with Crippen LogP contribution in [-0.4, -0.2) is 42.7 Å². The van der Waals surface area contributed by atoms with Crippen molar-refractivity contribution in [3.05, 3.63) is 93.9 Å². The van der Waals surface area contributed by atoms with E-state index in [2.05, 4.69) is 17.1 Å². The summed E-state index contributed by atoms with van der Waals surface area (Å²) < 4.78 is 16.3. The molecule has 1 aliphatic rings. The van der Waals surface area contributed by atoms with Crippen LogP contribution in [0.1, 0.15) is 34.0 Å². The van der Waals surface area contributed by atoms with Crippen molar-refractivity contribution in [1.29, 1.82) is 0 Å². The van der Waals surface area contributed by atoms with Crippen LogP contribution in [0.25, 0.3) is 6.08 Å². The summed E-state index contributed by atoms with van der Waals surface area (Å²) in [7, 11) is 2.92. The van der Waals surface area contributed by atoms with Gasteiger partial charge in [0.2, 0.25) is 0 Å². The molecule has 0 saturated carbocycles. The van der Waals surface area contributed by atoms with Gasteiger partial charge in [-0.15, -0.1) is 0 Å². The van der Waals surface area contributed by atoms with E-state index in [9.17, 15) is 9.59 Å². The minimum absolute atomic E-state index is 0.131. The minimum Gasteiger partial charge on any atom is -0.493 e. The summed E-state index contributed by atoms with van der Waals surface area (Å²) in [6.07, 6.45) is 1.81. The van der Waals surface area contributed by atoms with Gasteiger partial charge < -0.3 is 14.2 Å². The molecule has 0 spiro atoms. The lowest BCUT2D eigenvalue weighted by molar-refractivity contribution is -0.122. The van der Waals surface area contributed by atoms with Gasteiger partial charge >= 0.3 is 5.97 Å². The molecule has 0 atom stereocenters. The Labute approximate surface area is 220 Å². The summed E-state index contributed by atoms with van der Waals surface area (Å²) in [5.74, 6) is 0.635. The molecule has 0 aliphatic carbocycles. The summed E-state index contributed by atoms with van der Waals surface area (Å²) in [5, 5.41) is 0.547. The van der Waals surface area contributed by atoms with Gasteiger partial charge in [0.15, 0.2) is 16.7 Å². The Morgan fingerprint density at radius 1 is 1.03 bits per heavy atom. The molecule has 4 rings (SSSR count). The van der Waals surface area contributed by atoms with Gasteiger partial charge in [-0.3, -0.25) is 9.69 Å². The lowest BCUT2D eigenvalue weighted by atomic mass is 10.1. The highest BCUT2D eigenvalue weighted by atomic mass is 32.2. The molecule has 1 amide bonds. The number of thioether (sulfide) groups is 1. The van der Waals surface area contributed by atoms with E-state index in [1.807, 2.05) is 50.3 Å². The molecule has 1 fully saturated rings. The quantitative estimate of drug-likeness (QED) is 0.270. The van der Waals surface area contributed by atoms with Crippen LogP contribution in [0.3, 0.4) is 0 Å². The Morgan fingerprint density at radius 3 is 2.51 bits per heavy atom. The van der Waals surface area contributed by atoms with Gasteiger partial charge in [0.25, 0.3) is 5.91 Å². The number of ether oxygens (including phenoxy) is 3. The van der Waals surface area contributed by atoms with Crippen molar-refractivity contribution in [2.75, 3.05) is 20.8 Å². The van der Waals surface area contributed by atoms with Crippen molar-refractivity contribution < 1.29 is 23.8 Å². The number of amidine groups is 1. The van der Waals surface area contributed by atoms with Gasteiger partial charge in [-0.25, -0.2) is 9.79 Å². The number of rotatable bonds is 8. The highest BCUT2D eigenvalue weighted by Gasteiger charge is 2.32. The van der Waals surface area contributed by atoms with Crippen LogP contribution < -0.4 is 9.47 Å². The smallest absolute Gasteiger partial charge is 0.337 e. The number of aliphatic imine (C=N–C) groups is 1. The molecule has 1 aliphatic heterocycles. The van der Waals surface area contributed by atoms with Crippen LogP contribution >= 0.6 is 11.8 Å². The largest absolute Gasteiger partial charge is 0.493 e. The third kappa shape index (κ3) is 6.21. The first-order valence-corrected chi connectivity index (χ1v) is 12.6. The maximum absolute atomic E-state index is 13.1. The second kappa shape index (κ2) is 11.8. The maximum atomic E-state index is 13.1. The summed E-state index contributed by atoms with van der Waals surface area (Å²) in [6.45, 7) is 4.83. The second-order valence-corrected chi connectivity index (χ2v) is 9.29. The first-order chi connectivity index (χ1) is 17.9. The van der Waals surface area contributed by atoms with Crippen LogP contribution in [0.2, 0.25) is 0 Å². The predicted octanol–water partition coefficient (Wildman–Crippen LogP) is 5.99. The molecule has 0 aromatic heterocycles. The molecule has 3 aromatic rings. The molecule has 37 heavy (non-hydrogen) atoms. The van der Waals surface area contributed by atoms with Gasteiger partial charge in [0.05, 0.1) is 30.4 Å². The van der Waals surface area contributed by atoms with E-state index in [4.69, 9.17) is 14.2 Å². The molecule has 3 aromatic carbocycles. The standard InChI is InChI=1S/C29H28N2O5S/c1-5-31-27(32)26(37-29(31)30-23-8-6-7-22(17-23)28(33)35-4)16-21-13-14-24(25(15-21)34-3)36-18-20-11-9-19(2)10-12-20/h6-17H,5,18H2,1-4H3. The van der Waals surface area contributed by atoms with E-state index < -0.39 is 5.97 Å². The van der Waals surface area contributed by atoms with Crippen molar-refractivity contribution >= 4 is 40.6 Å². The van der Waals surface area contributed by atoms with Crippen LogP contribution in [0, 0.1) is 6.92 Å². The lowest BCUT2D eigenvalue weighted by Crippen LogP contribution is -2.28. The first kappa shape index (κ1) is 26.0. The van der Waals surface area contributed by atoms with Crippen LogP contribution in [0.5, 0.6) is 11.5 Å². The Bertz CT molecular complexity index is 1360. The van der Waals surface area contributed by atoms with Gasteiger partial charge in [-0.05, 0) is 73.1 Å². The zero-order valence-electron chi connectivity index (χ0n) is 21.2. The SMILES string of the molecule is CCN1C(=O)C(=Cc2ccc(OCc3ccc(C)cc3)c(OC)c2)SC1=Nc1cccc(C(=O)OC)c1. The highest BCUT2D eigenvalue weighted by Crippen LogP contribution is 2.36. The third-order valence-corrected chi connectivity index (χ3v) is 6.70.